The average Bonchev–Trinajstić information content (AvgIpc) is 2.90. The second-order valence-electron chi connectivity index (χ2n) is 7.69. The van der Waals surface area contributed by atoms with Gasteiger partial charge in [-0.25, -0.2) is 14.4 Å². The highest BCUT2D eigenvalue weighted by Crippen LogP contribution is 2.33. The summed E-state index contributed by atoms with van der Waals surface area (Å²) >= 11 is 0. The van der Waals surface area contributed by atoms with E-state index in [0.29, 0.717) is 41.4 Å². The Balaban J connectivity index is 0.00000133. The molecule has 1 unspecified atom stereocenters. The number of hydrogen-bond acceptors (Lipinski definition) is 7. The van der Waals surface area contributed by atoms with E-state index >= 15 is 0 Å². The number of aromatic nitrogens is 4. The van der Waals surface area contributed by atoms with Crippen molar-refractivity contribution >= 4 is 16.6 Å². The molecule has 8 heteroatoms. The molecule has 2 aromatic carbocycles. The minimum atomic E-state index is -1.02. The monoisotopic (exact) mass is 461 g/mol. The van der Waals surface area contributed by atoms with Gasteiger partial charge in [-0.15, -0.1) is 0 Å². The third kappa shape index (κ3) is 4.73. The molecule has 1 aliphatic rings. The van der Waals surface area contributed by atoms with E-state index < -0.39 is 11.9 Å². The normalized spacial score (nSPS) is 14.4. The van der Waals surface area contributed by atoms with Crippen molar-refractivity contribution in [3.63, 3.8) is 0 Å². The van der Waals surface area contributed by atoms with Gasteiger partial charge in [-0.3, -0.25) is 9.97 Å². The lowest BCUT2D eigenvalue weighted by molar-refractivity contribution is 0.122. The summed E-state index contributed by atoms with van der Waals surface area (Å²) < 4.78 is 20.3. The topological polar surface area (TPSA) is 84.3 Å². The molecule has 4 aromatic rings. The molecule has 1 atom stereocenters. The van der Waals surface area contributed by atoms with Crippen molar-refractivity contribution in [2.45, 2.75) is 26.9 Å². The summed E-state index contributed by atoms with van der Waals surface area (Å²) in [6.07, 6.45) is 3.51. The van der Waals surface area contributed by atoms with Crippen molar-refractivity contribution in [3.8, 4) is 11.3 Å². The van der Waals surface area contributed by atoms with Crippen LogP contribution in [0.2, 0.25) is 0 Å². The number of aliphatic hydroxyl groups excluding tert-OH is 1. The van der Waals surface area contributed by atoms with Gasteiger partial charge in [-0.1, -0.05) is 19.9 Å². The zero-order valence-electron chi connectivity index (χ0n) is 19.6. The summed E-state index contributed by atoms with van der Waals surface area (Å²) in [6, 6.07) is 10.4. The fraction of sp³-hybridized carbons (Fsp3) is 0.308. The third-order valence-electron chi connectivity index (χ3n) is 5.74. The maximum atomic E-state index is 14.9. The molecule has 3 heterocycles. The Morgan fingerprint density at radius 2 is 1.74 bits per heavy atom. The van der Waals surface area contributed by atoms with Gasteiger partial charge in [0.05, 0.1) is 35.8 Å². The minimum Gasteiger partial charge on any atom is -0.382 e. The molecule has 0 amide bonds. The molecule has 34 heavy (non-hydrogen) atoms. The molecule has 0 saturated carbocycles. The fourth-order valence-electron chi connectivity index (χ4n) is 4.02. The Labute approximate surface area is 198 Å². The van der Waals surface area contributed by atoms with E-state index in [-0.39, 0.29) is 0 Å². The Hall–Kier alpha value is -3.49. The number of benzene rings is 2. The van der Waals surface area contributed by atoms with Crippen LogP contribution in [-0.4, -0.2) is 51.3 Å². The standard InChI is InChI=1S/C24H22FN5O2.C2H6/c1-15-22(27-7-6-26-15)24(31)16-2-5-20(25)19(12-16)23-18-4-3-17(13-21(18)28-14-29-23)30-8-10-32-11-9-30;1-2/h2-7,12-14,24,31H,8-11H2,1H3;1-2H3. The zero-order valence-corrected chi connectivity index (χ0v) is 19.6. The summed E-state index contributed by atoms with van der Waals surface area (Å²) in [4.78, 5) is 19.4. The van der Waals surface area contributed by atoms with Gasteiger partial charge < -0.3 is 14.7 Å². The third-order valence-corrected chi connectivity index (χ3v) is 5.74. The van der Waals surface area contributed by atoms with Crippen molar-refractivity contribution in [3.05, 3.63) is 77.9 Å². The Morgan fingerprint density at radius 1 is 0.971 bits per heavy atom. The highest BCUT2D eigenvalue weighted by Gasteiger charge is 2.19. The first kappa shape index (κ1) is 23.7. The van der Waals surface area contributed by atoms with Gasteiger partial charge in [0.15, 0.2) is 0 Å². The van der Waals surface area contributed by atoms with Crippen molar-refractivity contribution in [1.82, 2.24) is 19.9 Å². The molecule has 1 aliphatic heterocycles. The lowest BCUT2D eigenvalue weighted by Gasteiger charge is -2.29. The zero-order chi connectivity index (χ0) is 24.1. The van der Waals surface area contributed by atoms with Crippen LogP contribution in [0.3, 0.4) is 0 Å². The Morgan fingerprint density at radius 3 is 2.50 bits per heavy atom. The summed E-state index contributed by atoms with van der Waals surface area (Å²) in [5.74, 6) is -0.422. The Bertz CT molecular complexity index is 1280. The van der Waals surface area contributed by atoms with Crippen LogP contribution < -0.4 is 4.90 Å². The quantitative estimate of drug-likeness (QED) is 0.480. The number of fused-ring (bicyclic) bond motifs is 1. The van der Waals surface area contributed by atoms with Crippen molar-refractivity contribution in [2.75, 3.05) is 31.2 Å². The van der Waals surface area contributed by atoms with Gasteiger partial charge in [0, 0.05) is 42.1 Å². The van der Waals surface area contributed by atoms with Crippen LogP contribution >= 0.6 is 0 Å². The second kappa shape index (κ2) is 10.6. The fourth-order valence-corrected chi connectivity index (χ4v) is 4.02. The summed E-state index contributed by atoms with van der Waals surface area (Å²) in [6.45, 7) is 8.80. The number of rotatable bonds is 4. The molecule has 0 aliphatic carbocycles. The van der Waals surface area contributed by atoms with Crippen molar-refractivity contribution in [2.24, 2.45) is 0 Å². The predicted octanol–water partition coefficient (Wildman–Crippen LogP) is 4.48. The molecular formula is C26H28FN5O2. The number of nitrogens with zero attached hydrogens (tertiary/aromatic N) is 5. The Kier molecular flexibility index (Phi) is 7.40. The molecule has 2 aromatic heterocycles. The first-order valence-corrected chi connectivity index (χ1v) is 11.4. The van der Waals surface area contributed by atoms with Gasteiger partial charge >= 0.3 is 0 Å². The molecular weight excluding hydrogens is 433 g/mol. The van der Waals surface area contributed by atoms with E-state index in [1.54, 1.807) is 25.3 Å². The maximum absolute atomic E-state index is 14.9. The largest absolute Gasteiger partial charge is 0.382 e. The van der Waals surface area contributed by atoms with Crippen LogP contribution in [-0.2, 0) is 4.74 Å². The van der Waals surface area contributed by atoms with Crippen LogP contribution in [0, 0.1) is 12.7 Å². The number of halogens is 1. The van der Waals surface area contributed by atoms with E-state index in [0.717, 1.165) is 29.7 Å². The van der Waals surface area contributed by atoms with Gasteiger partial charge in [0.2, 0.25) is 0 Å². The SMILES string of the molecule is CC.Cc1nccnc1C(O)c1ccc(F)c(-c2ncnc3cc(N4CCOCC4)ccc23)c1. The van der Waals surface area contributed by atoms with Gasteiger partial charge in [0.1, 0.15) is 18.2 Å². The van der Waals surface area contributed by atoms with Crippen LogP contribution in [0.5, 0.6) is 0 Å². The van der Waals surface area contributed by atoms with Gasteiger partial charge in [-0.2, -0.15) is 0 Å². The summed E-state index contributed by atoms with van der Waals surface area (Å²) in [5.41, 5.74) is 4.13. The van der Waals surface area contributed by atoms with Crippen LogP contribution in [0.1, 0.15) is 36.9 Å². The number of aryl methyl sites for hydroxylation is 1. The van der Waals surface area contributed by atoms with E-state index in [1.807, 2.05) is 32.0 Å². The van der Waals surface area contributed by atoms with E-state index in [9.17, 15) is 9.50 Å². The number of ether oxygens (including phenoxy) is 1. The maximum Gasteiger partial charge on any atom is 0.132 e. The molecule has 0 bridgehead atoms. The lowest BCUT2D eigenvalue weighted by Crippen LogP contribution is -2.36. The van der Waals surface area contributed by atoms with Crippen LogP contribution in [0.15, 0.2) is 55.1 Å². The number of aliphatic hydroxyl groups is 1. The van der Waals surface area contributed by atoms with Gasteiger partial charge in [-0.05, 0) is 42.8 Å². The van der Waals surface area contributed by atoms with Crippen LogP contribution in [0.25, 0.3) is 22.2 Å². The number of morpholine rings is 1. The highest BCUT2D eigenvalue weighted by molar-refractivity contribution is 5.94. The second-order valence-corrected chi connectivity index (χ2v) is 7.69. The molecule has 1 N–H and O–H groups in total. The molecule has 176 valence electrons. The first-order valence-electron chi connectivity index (χ1n) is 11.4. The van der Waals surface area contributed by atoms with E-state index in [2.05, 4.69) is 24.8 Å². The molecule has 0 spiro atoms. The van der Waals surface area contributed by atoms with Crippen molar-refractivity contribution < 1.29 is 14.2 Å². The smallest absolute Gasteiger partial charge is 0.132 e. The number of anilines is 1. The first-order chi connectivity index (χ1) is 16.6. The molecule has 0 radical (unpaired) electrons. The molecule has 5 rings (SSSR count). The predicted molar refractivity (Wildman–Crippen MR) is 130 cm³/mol. The van der Waals surface area contributed by atoms with E-state index in [4.69, 9.17) is 4.74 Å². The minimum absolute atomic E-state index is 0.301. The summed E-state index contributed by atoms with van der Waals surface area (Å²) in [5, 5.41) is 11.6. The molecule has 1 fully saturated rings. The molecule has 1 saturated heterocycles. The summed E-state index contributed by atoms with van der Waals surface area (Å²) in [7, 11) is 0. The van der Waals surface area contributed by atoms with Crippen molar-refractivity contribution in [1.29, 1.82) is 0 Å². The van der Waals surface area contributed by atoms with Crippen LogP contribution in [0.4, 0.5) is 10.1 Å². The van der Waals surface area contributed by atoms with Gasteiger partial charge in [0.25, 0.3) is 0 Å². The number of hydrogen-bond donors (Lipinski definition) is 1. The molecule has 7 nitrogen and oxygen atoms in total. The lowest BCUT2D eigenvalue weighted by atomic mass is 9.98. The highest BCUT2D eigenvalue weighted by atomic mass is 19.1. The van der Waals surface area contributed by atoms with E-state index in [1.165, 1.54) is 18.6 Å². The average molecular weight is 462 g/mol.